The highest BCUT2D eigenvalue weighted by Gasteiger charge is 2.25. The summed E-state index contributed by atoms with van der Waals surface area (Å²) >= 11 is 0. The Bertz CT molecular complexity index is 3710. The Morgan fingerprint density at radius 2 is 0.946 bits per heavy atom. The lowest BCUT2D eigenvalue weighted by Gasteiger charge is -2.28. The Morgan fingerprint density at radius 3 is 1.75 bits per heavy atom. The second-order valence-electron chi connectivity index (χ2n) is 14.9. The third kappa shape index (κ3) is 3.97. The summed E-state index contributed by atoms with van der Waals surface area (Å²) in [6, 6.07) is 68.4. The van der Waals surface area contributed by atoms with E-state index in [-0.39, 0.29) is 0 Å². The summed E-state index contributed by atoms with van der Waals surface area (Å²) in [7, 11) is 0. The first kappa shape index (κ1) is 29.8. The van der Waals surface area contributed by atoms with E-state index in [0.717, 1.165) is 50.0 Å². The van der Waals surface area contributed by atoms with Crippen LogP contribution in [-0.2, 0) is 0 Å². The average molecular weight is 714 g/mol. The highest BCUT2D eigenvalue weighted by Crippen LogP contribution is 2.47. The molecule has 0 saturated carbocycles. The lowest BCUT2D eigenvalue weighted by Crippen LogP contribution is -2.12. The molecule has 9 aromatic carbocycles. The van der Waals surface area contributed by atoms with Gasteiger partial charge in [0, 0.05) is 43.7 Å². The maximum absolute atomic E-state index is 6.34. The van der Waals surface area contributed by atoms with Gasteiger partial charge in [0.15, 0.2) is 0 Å². The molecule has 0 unspecified atom stereocenters. The van der Waals surface area contributed by atoms with Crippen LogP contribution in [-0.4, -0.2) is 8.80 Å². The molecule has 13 rings (SSSR count). The smallest absolute Gasteiger partial charge is 0.135 e. The van der Waals surface area contributed by atoms with Gasteiger partial charge in [0.2, 0.25) is 0 Å². The van der Waals surface area contributed by atoms with Crippen molar-refractivity contribution in [3.05, 3.63) is 188 Å². The van der Waals surface area contributed by atoms with Crippen LogP contribution in [0.15, 0.2) is 192 Å². The van der Waals surface area contributed by atoms with Crippen LogP contribution in [0.3, 0.4) is 0 Å². The summed E-state index contributed by atoms with van der Waals surface area (Å²) in [5.41, 5.74) is 14.6. The number of anilines is 3. The van der Waals surface area contributed by atoms with Gasteiger partial charge in [-0.2, -0.15) is 0 Å². The number of aromatic nitrogens is 2. The summed E-state index contributed by atoms with van der Waals surface area (Å²) < 4.78 is 11.4. The minimum Gasteiger partial charge on any atom is -0.456 e. The Hall–Kier alpha value is -7.56. The number of hydrogen-bond acceptors (Lipinski definition) is 2. The third-order valence-corrected chi connectivity index (χ3v) is 12.0. The van der Waals surface area contributed by atoms with Gasteiger partial charge in [-0.1, -0.05) is 121 Å². The maximum atomic E-state index is 6.34. The van der Waals surface area contributed by atoms with Gasteiger partial charge >= 0.3 is 0 Å². The van der Waals surface area contributed by atoms with E-state index in [2.05, 4.69) is 190 Å². The van der Waals surface area contributed by atoms with Crippen molar-refractivity contribution >= 4 is 104 Å². The zero-order chi connectivity index (χ0) is 36.5. The van der Waals surface area contributed by atoms with E-state index in [0.29, 0.717) is 0 Å². The van der Waals surface area contributed by atoms with E-state index in [4.69, 9.17) is 4.42 Å². The van der Waals surface area contributed by atoms with Crippen LogP contribution in [0.1, 0.15) is 0 Å². The van der Waals surface area contributed by atoms with Crippen LogP contribution in [0.4, 0.5) is 17.1 Å². The molecule has 0 aliphatic rings. The number of rotatable bonds is 4. The van der Waals surface area contributed by atoms with E-state index in [9.17, 15) is 0 Å². The molecule has 0 bridgehead atoms. The molecule has 0 aliphatic heterocycles. The minimum atomic E-state index is 0.880. The average Bonchev–Trinajstić information content (AvgIpc) is 3.92. The van der Waals surface area contributed by atoms with Crippen molar-refractivity contribution in [3.8, 4) is 11.1 Å². The SMILES string of the molecule is c1ccc2cc(-c3ccc(N(c4ccc5oc6ccccc6c5c4)c4cccc5c4n4c6ccccc6c6ccc7c8ccccc8n5c7c64)cc3)ccc2c1. The largest absolute Gasteiger partial charge is 0.456 e. The molecule has 260 valence electrons. The molecule has 56 heavy (non-hydrogen) atoms. The summed E-state index contributed by atoms with van der Waals surface area (Å²) in [4.78, 5) is 2.43. The molecule has 0 spiro atoms. The number of hydrogen-bond donors (Lipinski definition) is 0. The first-order valence-electron chi connectivity index (χ1n) is 19.2. The monoisotopic (exact) mass is 713 g/mol. The van der Waals surface area contributed by atoms with Crippen molar-refractivity contribution in [3.63, 3.8) is 0 Å². The highest BCUT2D eigenvalue weighted by molar-refractivity contribution is 6.26. The van der Waals surface area contributed by atoms with Crippen LogP contribution in [0.5, 0.6) is 0 Å². The Balaban J connectivity index is 1.14. The van der Waals surface area contributed by atoms with Gasteiger partial charge < -0.3 is 18.1 Å². The van der Waals surface area contributed by atoms with Crippen molar-refractivity contribution in [2.75, 3.05) is 4.90 Å². The van der Waals surface area contributed by atoms with E-state index in [1.54, 1.807) is 0 Å². The van der Waals surface area contributed by atoms with Crippen LogP contribution in [0, 0.1) is 0 Å². The second-order valence-corrected chi connectivity index (χ2v) is 14.9. The Morgan fingerprint density at radius 1 is 0.339 bits per heavy atom. The lowest BCUT2D eigenvalue weighted by molar-refractivity contribution is 0.669. The first-order chi connectivity index (χ1) is 27.8. The third-order valence-electron chi connectivity index (χ3n) is 12.0. The van der Waals surface area contributed by atoms with Crippen molar-refractivity contribution in [2.45, 2.75) is 0 Å². The summed E-state index contributed by atoms with van der Waals surface area (Å²) in [5.74, 6) is 0. The van der Waals surface area contributed by atoms with Crippen LogP contribution < -0.4 is 4.90 Å². The predicted molar refractivity (Wildman–Crippen MR) is 234 cm³/mol. The van der Waals surface area contributed by atoms with Crippen LogP contribution in [0.25, 0.3) is 98.5 Å². The zero-order valence-corrected chi connectivity index (χ0v) is 30.1. The normalized spacial score (nSPS) is 12.3. The molecule has 0 aliphatic carbocycles. The van der Waals surface area contributed by atoms with Gasteiger partial charge in [-0.3, -0.25) is 0 Å². The molecule has 0 atom stereocenters. The number of benzene rings is 9. The molecule has 0 saturated heterocycles. The minimum absolute atomic E-state index is 0.880. The van der Waals surface area contributed by atoms with E-state index in [1.807, 2.05) is 12.1 Å². The molecular formula is C52H31N3O. The predicted octanol–water partition coefficient (Wildman–Crippen LogP) is 14.4. The van der Waals surface area contributed by atoms with Gasteiger partial charge in [-0.15, -0.1) is 0 Å². The molecule has 0 N–H and O–H groups in total. The number of nitrogens with zero attached hydrogens (tertiary/aromatic N) is 3. The standard InChI is InChI=1S/C52H31N3O/c1-2-11-34-30-35(21-20-32(34)10-1)33-22-24-36(25-23-33)53(37-26-29-49-43(31-37)40-14-5-8-19-48(40)56-49)46-17-9-18-47-52(46)55-45-16-7-4-13-39(45)42-28-27-41-38-12-3-6-15-44(38)54(47)50(41)51(42)55/h1-31H. The number of furan rings is 1. The van der Waals surface area contributed by atoms with Gasteiger partial charge in [0.05, 0.1) is 38.8 Å². The zero-order valence-electron chi connectivity index (χ0n) is 30.1. The van der Waals surface area contributed by atoms with Gasteiger partial charge in [0.25, 0.3) is 0 Å². The van der Waals surface area contributed by atoms with E-state index < -0.39 is 0 Å². The van der Waals surface area contributed by atoms with Crippen molar-refractivity contribution < 1.29 is 4.42 Å². The Labute approximate surface area is 320 Å². The molecule has 4 heteroatoms. The fraction of sp³-hybridized carbons (Fsp3) is 0. The maximum Gasteiger partial charge on any atom is 0.135 e. The molecule has 0 fully saturated rings. The summed E-state index contributed by atoms with van der Waals surface area (Å²) in [5, 5.41) is 9.74. The number of para-hydroxylation sites is 4. The van der Waals surface area contributed by atoms with Crippen LogP contribution >= 0.6 is 0 Å². The molecule has 13 aromatic rings. The highest BCUT2D eigenvalue weighted by atomic mass is 16.3. The topological polar surface area (TPSA) is 25.2 Å². The fourth-order valence-corrected chi connectivity index (χ4v) is 9.54. The van der Waals surface area contributed by atoms with Crippen LogP contribution in [0.2, 0.25) is 0 Å². The Kier molecular flexibility index (Phi) is 5.86. The molecule has 4 nitrogen and oxygen atoms in total. The van der Waals surface area contributed by atoms with Crippen molar-refractivity contribution in [2.24, 2.45) is 0 Å². The lowest BCUT2D eigenvalue weighted by atomic mass is 10.0. The second kappa shape index (κ2) is 11.0. The quantitative estimate of drug-likeness (QED) is 0.170. The molecule has 0 amide bonds. The van der Waals surface area contributed by atoms with Crippen molar-refractivity contribution in [1.29, 1.82) is 0 Å². The van der Waals surface area contributed by atoms with E-state index >= 15 is 0 Å². The van der Waals surface area contributed by atoms with Crippen molar-refractivity contribution in [1.82, 2.24) is 8.80 Å². The van der Waals surface area contributed by atoms with Gasteiger partial charge in [0.1, 0.15) is 11.2 Å². The fourth-order valence-electron chi connectivity index (χ4n) is 9.54. The first-order valence-corrected chi connectivity index (χ1v) is 19.2. The van der Waals surface area contributed by atoms with Gasteiger partial charge in [-0.05, 0) is 88.6 Å². The molecular weight excluding hydrogens is 683 g/mol. The summed E-state index contributed by atoms with van der Waals surface area (Å²) in [6.45, 7) is 0. The molecule has 0 radical (unpaired) electrons. The molecule has 4 heterocycles. The van der Waals surface area contributed by atoms with Gasteiger partial charge in [-0.25, -0.2) is 0 Å². The molecule has 4 aromatic heterocycles. The summed E-state index contributed by atoms with van der Waals surface area (Å²) in [6.07, 6.45) is 0. The van der Waals surface area contributed by atoms with E-state index in [1.165, 1.54) is 65.5 Å². The number of fused-ring (bicyclic) bond motifs is 13.